The van der Waals surface area contributed by atoms with Gasteiger partial charge in [-0.3, -0.25) is 4.90 Å². The van der Waals surface area contributed by atoms with Gasteiger partial charge >= 0.3 is 0 Å². The first-order valence-corrected chi connectivity index (χ1v) is 11.4. The van der Waals surface area contributed by atoms with Crippen molar-refractivity contribution in [2.24, 2.45) is 4.99 Å². The van der Waals surface area contributed by atoms with E-state index in [-0.39, 0.29) is 0 Å². The van der Waals surface area contributed by atoms with Crippen LogP contribution in [0.1, 0.15) is 37.8 Å². The van der Waals surface area contributed by atoms with Gasteiger partial charge in [-0.2, -0.15) is 0 Å². The zero-order chi connectivity index (χ0) is 21.0. The molecule has 7 nitrogen and oxygen atoms in total. The van der Waals surface area contributed by atoms with E-state index >= 15 is 0 Å². The minimum absolute atomic E-state index is 0.318. The average Bonchev–Trinajstić information content (AvgIpc) is 2.81. The predicted molar refractivity (Wildman–Crippen MR) is 120 cm³/mol. The summed E-state index contributed by atoms with van der Waals surface area (Å²) >= 11 is 0. The third-order valence-electron chi connectivity index (χ3n) is 5.64. The highest BCUT2D eigenvalue weighted by Crippen LogP contribution is 2.14. The van der Waals surface area contributed by atoms with Crippen LogP contribution in [-0.4, -0.2) is 75.6 Å². The number of ether oxygens (including phenoxy) is 3. The number of guanidine groups is 1. The number of hydrogen-bond acceptors (Lipinski definition) is 5. The summed E-state index contributed by atoms with van der Waals surface area (Å²) in [6.07, 6.45) is 2.30. The highest BCUT2D eigenvalue weighted by Gasteiger charge is 2.17. The second-order valence-electron chi connectivity index (χ2n) is 8.02. The summed E-state index contributed by atoms with van der Waals surface area (Å²) in [6.45, 7) is 12.6. The SMILES string of the molecule is CCNC(=NCc1cccc(COC2CCOCC2)c1)NCC(C)N1CCOCC1. The van der Waals surface area contributed by atoms with Crippen molar-refractivity contribution in [3.63, 3.8) is 0 Å². The highest BCUT2D eigenvalue weighted by atomic mass is 16.5. The minimum atomic E-state index is 0.318. The third kappa shape index (κ3) is 7.87. The zero-order valence-corrected chi connectivity index (χ0v) is 18.6. The molecule has 1 aromatic carbocycles. The molecule has 2 fully saturated rings. The summed E-state index contributed by atoms with van der Waals surface area (Å²) in [6, 6.07) is 8.99. The maximum atomic E-state index is 6.06. The summed E-state index contributed by atoms with van der Waals surface area (Å²) < 4.78 is 16.9. The van der Waals surface area contributed by atoms with Gasteiger partial charge in [-0.05, 0) is 37.8 Å². The summed E-state index contributed by atoms with van der Waals surface area (Å²) in [7, 11) is 0. The highest BCUT2D eigenvalue weighted by molar-refractivity contribution is 5.79. The summed E-state index contributed by atoms with van der Waals surface area (Å²) in [4.78, 5) is 7.25. The molecule has 0 spiro atoms. The van der Waals surface area contributed by atoms with Crippen LogP contribution in [0.2, 0.25) is 0 Å². The molecule has 7 heteroatoms. The van der Waals surface area contributed by atoms with E-state index in [4.69, 9.17) is 19.2 Å². The molecule has 168 valence electrons. The van der Waals surface area contributed by atoms with E-state index < -0.39 is 0 Å². The number of hydrogen-bond donors (Lipinski definition) is 2. The van der Waals surface area contributed by atoms with Crippen LogP contribution >= 0.6 is 0 Å². The lowest BCUT2D eigenvalue weighted by molar-refractivity contribution is -0.0390. The molecule has 2 heterocycles. The van der Waals surface area contributed by atoms with Gasteiger partial charge in [0.15, 0.2) is 5.96 Å². The fraction of sp³-hybridized carbons (Fsp3) is 0.696. The van der Waals surface area contributed by atoms with Crippen molar-refractivity contribution in [2.75, 3.05) is 52.6 Å². The molecule has 1 aromatic rings. The maximum Gasteiger partial charge on any atom is 0.191 e. The van der Waals surface area contributed by atoms with E-state index in [2.05, 4.69) is 53.6 Å². The second-order valence-corrected chi connectivity index (χ2v) is 8.02. The summed E-state index contributed by atoms with van der Waals surface area (Å²) in [5, 5.41) is 6.84. The van der Waals surface area contributed by atoms with Crippen LogP contribution in [0.3, 0.4) is 0 Å². The lowest BCUT2D eigenvalue weighted by Gasteiger charge is -2.32. The van der Waals surface area contributed by atoms with Crippen molar-refractivity contribution in [1.82, 2.24) is 15.5 Å². The first-order chi connectivity index (χ1) is 14.7. The van der Waals surface area contributed by atoms with Gasteiger partial charge in [-0.25, -0.2) is 4.99 Å². The number of benzene rings is 1. The largest absolute Gasteiger partial charge is 0.381 e. The van der Waals surface area contributed by atoms with Crippen LogP contribution in [0.15, 0.2) is 29.3 Å². The molecule has 2 aliphatic heterocycles. The quantitative estimate of drug-likeness (QED) is 0.473. The zero-order valence-electron chi connectivity index (χ0n) is 18.6. The monoisotopic (exact) mass is 418 g/mol. The Bertz CT molecular complexity index is 643. The number of rotatable bonds is 9. The normalized spacial score (nSPS) is 20.1. The Labute approximate surface area is 181 Å². The van der Waals surface area contributed by atoms with E-state index in [0.29, 0.717) is 25.3 Å². The molecule has 2 aliphatic rings. The Morgan fingerprint density at radius 2 is 1.87 bits per heavy atom. The Balaban J connectivity index is 1.48. The van der Waals surface area contributed by atoms with Gasteiger partial charge in [0, 0.05) is 45.4 Å². The van der Waals surface area contributed by atoms with Crippen LogP contribution in [0, 0.1) is 0 Å². The molecule has 0 aliphatic carbocycles. The van der Waals surface area contributed by atoms with E-state index in [9.17, 15) is 0 Å². The van der Waals surface area contributed by atoms with Gasteiger partial charge in [0.25, 0.3) is 0 Å². The van der Waals surface area contributed by atoms with Gasteiger partial charge in [0.1, 0.15) is 0 Å². The van der Waals surface area contributed by atoms with Crippen LogP contribution in [0.5, 0.6) is 0 Å². The van der Waals surface area contributed by atoms with E-state index in [1.165, 1.54) is 11.1 Å². The Morgan fingerprint density at radius 3 is 2.63 bits per heavy atom. The average molecular weight is 419 g/mol. The molecule has 3 rings (SSSR count). The van der Waals surface area contributed by atoms with Crippen molar-refractivity contribution >= 4 is 5.96 Å². The first kappa shape index (κ1) is 23.0. The molecule has 30 heavy (non-hydrogen) atoms. The van der Waals surface area contributed by atoms with Gasteiger partial charge in [0.05, 0.1) is 32.5 Å². The number of aliphatic imine (C=N–C) groups is 1. The molecule has 0 aromatic heterocycles. The first-order valence-electron chi connectivity index (χ1n) is 11.4. The molecule has 2 N–H and O–H groups in total. The second kappa shape index (κ2) is 12.9. The fourth-order valence-corrected chi connectivity index (χ4v) is 3.78. The molecule has 1 atom stereocenters. The molecular formula is C23H38N4O3. The fourth-order valence-electron chi connectivity index (χ4n) is 3.78. The lowest BCUT2D eigenvalue weighted by Crippen LogP contribution is -2.49. The summed E-state index contributed by atoms with van der Waals surface area (Å²) in [5.41, 5.74) is 2.40. The lowest BCUT2D eigenvalue weighted by atomic mass is 10.1. The van der Waals surface area contributed by atoms with Gasteiger partial charge in [-0.15, -0.1) is 0 Å². The van der Waals surface area contributed by atoms with E-state index in [1.54, 1.807) is 0 Å². The standard InChI is InChI=1S/C23H38N4O3/c1-3-24-23(25-16-19(2)27-9-13-29-14-10-27)26-17-20-5-4-6-21(15-20)18-30-22-7-11-28-12-8-22/h4-6,15,19,22H,3,7-14,16-18H2,1-2H3,(H2,24,25,26). The third-order valence-corrected chi connectivity index (χ3v) is 5.64. The van der Waals surface area contributed by atoms with Crippen LogP contribution in [0.4, 0.5) is 0 Å². The smallest absolute Gasteiger partial charge is 0.191 e. The molecule has 0 bridgehead atoms. The van der Waals surface area contributed by atoms with E-state index in [1.807, 2.05) is 0 Å². The van der Waals surface area contributed by atoms with Gasteiger partial charge < -0.3 is 24.8 Å². The van der Waals surface area contributed by atoms with Crippen LogP contribution in [0.25, 0.3) is 0 Å². The Hall–Kier alpha value is -1.67. The number of nitrogens with zero attached hydrogens (tertiary/aromatic N) is 2. The number of morpholine rings is 1. The molecule has 0 radical (unpaired) electrons. The van der Waals surface area contributed by atoms with Crippen LogP contribution < -0.4 is 10.6 Å². The van der Waals surface area contributed by atoms with Crippen molar-refractivity contribution in [1.29, 1.82) is 0 Å². The molecular weight excluding hydrogens is 380 g/mol. The summed E-state index contributed by atoms with van der Waals surface area (Å²) in [5.74, 6) is 0.862. The maximum absolute atomic E-state index is 6.06. The van der Waals surface area contributed by atoms with Gasteiger partial charge in [-0.1, -0.05) is 24.3 Å². The van der Waals surface area contributed by atoms with Crippen molar-refractivity contribution in [3.05, 3.63) is 35.4 Å². The van der Waals surface area contributed by atoms with E-state index in [0.717, 1.165) is 71.4 Å². The molecule has 0 amide bonds. The molecule has 1 unspecified atom stereocenters. The predicted octanol–water partition coefficient (Wildman–Crippen LogP) is 2.16. The Kier molecular flexibility index (Phi) is 9.89. The van der Waals surface area contributed by atoms with Crippen LogP contribution in [-0.2, 0) is 27.4 Å². The van der Waals surface area contributed by atoms with Crippen molar-refractivity contribution in [3.8, 4) is 0 Å². The minimum Gasteiger partial charge on any atom is -0.381 e. The topological polar surface area (TPSA) is 67.4 Å². The molecule has 0 saturated carbocycles. The van der Waals surface area contributed by atoms with Crippen molar-refractivity contribution in [2.45, 2.75) is 52.0 Å². The molecule has 2 saturated heterocycles. The van der Waals surface area contributed by atoms with Crippen molar-refractivity contribution < 1.29 is 14.2 Å². The Morgan fingerprint density at radius 1 is 1.13 bits per heavy atom. The number of nitrogens with one attached hydrogen (secondary N) is 2. The van der Waals surface area contributed by atoms with Gasteiger partial charge in [0.2, 0.25) is 0 Å².